The molecule has 1 aliphatic carbocycles. The molecule has 0 spiro atoms. The number of rotatable bonds is 5. The molecule has 1 aliphatic rings. The average molecular weight is 312 g/mol. The number of aryl methyl sites for hydroxylation is 1. The van der Waals surface area contributed by atoms with E-state index in [1.165, 1.54) is 11.3 Å². The summed E-state index contributed by atoms with van der Waals surface area (Å²) in [7, 11) is 1.73. The molecule has 1 heterocycles. The van der Waals surface area contributed by atoms with Gasteiger partial charge in [0.2, 0.25) is 5.91 Å². The summed E-state index contributed by atoms with van der Waals surface area (Å²) in [5.74, 6) is -0.0227. The summed E-state index contributed by atoms with van der Waals surface area (Å²) >= 11 is 1.22. The summed E-state index contributed by atoms with van der Waals surface area (Å²) in [5, 5.41) is 10.3. The third-order valence-corrected chi connectivity index (χ3v) is 5.41. The zero-order chi connectivity index (χ0) is 15.6. The Bertz CT molecular complexity index is 570. The van der Waals surface area contributed by atoms with Crippen molar-refractivity contribution < 1.29 is 9.90 Å². The van der Waals surface area contributed by atoms with Gasteiger partial charge in [-0.3, -0.25) is 9.59 Å². The molecule has 0 aromatic carbocycles. The number of amides is 1. The Morgan fingerprint density at radius 2 is 2.00 bits per heavy atom. The minimum atomic E-state index is -0.712. The molecule has 0 saturated heterocycles. The average Bonchev–Trinajstić information content (AvgIpc) is 2.93. The molecule has 1 aromatic heterocycles. The predicted molar refractivity (Wildman–Crippen MR) is 83.7 cm³/mol. The summed E-state index contributed by atoms with van der Waals surface area (Å²) in [6, 6.07) is 0. The van der Waals surface area contributed by atoms with E-state index in [-0.39, 0.29) is 10.8 Å². The van der Waals surface area contributed by atoms with Gasteiger partial charge < -0.3 is 14.6 Å². The molecule has 1 saturated carbocycles. The van der Waals surface area contributed by atoms with E-state index in [0.717, 1.165) is 36.3 Å². The molecule has 1 fully saturated rings. The van der Waals surface area contributed by atoms with E-state index in [4.69, 9.17) is 0 Å². The highest BCUT2D eigenvalue weighted by Crippen LogP contribution is 2.30. The van der Waals surface area contributed by atoms with Crippen LogP contribution >= 0.6 is 11.3 Å². The van der Waals surface area contributed by atoms with Gasteiger partial charge in [0.1, 0.15) is 0 Å². The molecule has 1 N–H and O–H groups in total. The number of hydrogen-bond acceptors (Lipinski definition) is 4. The SMILES string of the molecule is Cc1sc(=O)n(CCC(=O)N(C)CC2(O)CCCC2)c1C. The molecule has 0 aliphatic heterocycles. The van der Waals surface area contributed by atoms with Gasteiger partial charge in [-0.25, -0.2) is 0 Å². The lowest BCUT2D eigenvalue weighted by Gasteiger charge is -2.28. The van der Waals surface area contributed by atoms with E-state index in [1.807, 2.05) is 13.8 Å². The van der Waals surface area contributed by atoms with Gasteiger partial charge in [0.15, 0.2) is 0 Å². The maximum Gasteiger partial charge on any atom is 0.307 e. The van der Waals surface area contributed by atoms with Crippen LogP contribution < -0.4 is 4.87 Å². The Labute approximate surface area is 129 Å². The van der Waals surface area contributed by atoms with Gasteiger partial charge in [-0.05, 0) is 26.7 Å². The lowest BCUT2D eigenvalue weighted by molar-refractivity contribution is -0.133. The number of nitrogens with zero attached hydrogens (tertiary/aromatic N) is 2. The quantitative estimate of drug-likeness (QED) is 0.900. The Morgan fingerprint density at radius 3 is 2.52 bits per heavy atom. The zero-order valence-electron chi connectivity index (χ0n) is 13.0. The topological polar surface area (TPSA) is 62.5 Å². The minimum absolute atomic E-state index is 0.00475. The van der Waals surface area contributed by atoms with Crippen molar-refractivity contribution in [2.24, 2.45) is 0 Å². The molecule has 21 heavy (non-hydrogen) atoms. The van der Waals surface area contributed by atoms with Crippen LogP contribution in [0.3, 0.4) is 0 Å². The molecule has 0 unspecified atom stereocenters. The van der Waals surface area contributed by atoms with Crippen LogP contribution in [-0.4, -0.2) is 39.7 Å². The van der Waals surface area contributed by atoms with Crippen LogP contribution in [0.4, 0.5) is 0 Å². The molecular weight excluding hydrogens is 288 g/mol. The third-order valence-electron chi connectivity index (χ3n) is 4.42. The summed E-state index contributed by atoms with van der Waals surface area (Å²) < 4.78 is 1.66. The van der Waals surface area contributed by atoms with Crippen LogP contribution in [0.15, 0.2) is 4.79 Å². The number of aliphatic hydroxyl groups is 1. The number of hydrogen-bond donors (Lipinski definition) is 1. The van der Waals surface area contributed by atoms with Crippen LogP contribution in [0.1, 0.15) is 42.7 Å². The van der Waals surface area contributed by atoms with Crippen LogP contribution in [0.2, 0.25) is 0 Å². The molecule has 118 valence electrons. The van der Waals surface area contributed by atoms with E-state index in [2.05, 4.69) is 0 Å². The van der Waals surface area contributed by atoms with Crippen molar-refractivity contribution in [2.75, 3.05) is 13.6 Å². The highest BCUT2D eigenvalue weighted by molar-refractivity contribution is 7.09. The molecular formula is C15H24N2O3S. The molecule has 1 aromatic rings. The van der Waals surface area contributed by atoms with Crippen LogP contribution in [0.5, 0.6) is 0 Å². The zero-order valence-corrected chi connectivity index (χ0v) is 13.8. The number of carbonyl (C=O) groups excluding carboxylic acids is 1. The van der Waals surface area contributed by atoms with Crippen molar-refractivity contribution >= 4 is 17.2 Å². The smallest absolute Gasteiger partial charge is 0.307 e. The second-order valence-corrected chi connectivity index (χ2v) is 7.26. The van der Waals surface area contributed by atoms with E-state index >= 15 is 0 Å². The Morgan fingerprint density at radius 1 is 1.38 bits per heavy atom. The monoisotopic (exact) mass is 312 g/mol. The largest absolute Gasteiger partial charge is 0.388 e. The predicted octanol–water partition coefficient (Wildman–Crippen LogP) is 1.68. The van der Waals surface area contributed by atoms with Gasteiger partial charge in [0, 0.05) is 37.1 Å². The van der Waals surface area contributed by atoms with E-state index in [1.54, 1.807) is 16.5 Å². The summed E-state index contributed by atoms with van der Waals surface area (Å²) in [6.07, 6.45) is 3.89. The van der Waals surface area contributed by atoms with Gasteiger partial charge in [0.25, 0.3) is 0 Å². The van der Waals surface area contributed by atoms with Crippen LogP contribution in [-0.2, 0) is 11.3 Å². The number of carbonyl (C=O) groups is 1. The summed E-state index contributed by atoms with van der Waals surface area (Å²) in [5.41, 5.74) is 0.228. The van der Waals surface area contributed by atoms with Gasteiger partial charge in [-0.1, -0.05) is 24.2 Å². The van der Waals surface area contributed by atoms with E-state index in [9.17, 15) is 14.7 Å². The molecule has 0 atom stereocenters. The van der Waals surface area contributed by atoms with Gasteiger partial charge in [-0.15, -0.1) is 0 Å². The number of likely N-dealkylation sites (N-methyl/N-ethyl adjacent to an activating group) is 1. The van der Waals surface area contributed by atoms with Crippen molar-refractivity contribution in [2.45, 2.75) is 58.1 Å². The minimum Gasteiger partial charge on any atom is -0.388 e. The first-order valence-corrected chi connectivity index (χ1v) is 8.27. The molecule has 0 bridgehead atoms. The molecule has 0 radical (unpaired) electrons. The van der Waals surface area contributed by atoms with Crippen molar-refractivity contribution in [1.29, 1.82) is 0 Å². The maximum atomic E-state index is 12.2. The number of thiazole rings is 1. The van der Waals surface area contributed by atoms with Crippen molar-refractivity contribution in [3.05, 3.63) is 20.2 Å². The molecule has 5 nitrogen and oxygen atoms in total. The van der Waals surface area contributed by atoms with Crippen molar-refractivity contribution in [3.8, 4) is 0 Å². The first kappa shape index (κ1) is 16.2. The standard InChI is InChI=1S/C15H24N2O3S/c1-11-12(2)21-14(19)17(11)9-6-13(18)16(3)10-15(20)7-4-5-8-15/h20H,4-10H2,1-3H3. The highest BCUT2D eigenvalue weighted by atomic mass is 32.1. The molecule has 2 rings (SSSR count). The van der Waals surface area contributed by atoms with Gasteiger partial charge >= 0.3 is 4.87 Å². The second-order valence-electron chi connectivity index (χ2n) is 6.09. The fourth-order valence-corrected chi connectivity index (χ4v) is 3.82. The van der Waals surface area contributed by atoms with Crippen molar-refractivity contribution in [1.82, 2.24) is 9.47 Å². The van der Waals surface area contributed by atoms with E-state index < -0.39 is 5.60 Å². The van der Waals surface area contributed by atoms with Crippen LogP contribution in [0.25, 0.3) is 0 Å². The first-order valence-electron chi connectivity index (χ1n) is 7.45. The lowest BCUT2D eigenvalue weighted by Crippen LogP contribution is -2.42. The maximum absolute atomic E-state index is 12.2. The van der Waals surface area contributed by atoms with Crippen LogP contribution in [0, 0.1) is 13.8 Å². The molecule has 1 amide bonds. The summed E-state index contributed by atoms with van der Waals surface area (Å²) in [6.45, 7) is 4.63. The van der Waals surface area contributed by atoms with E-state index in [0.29, 0.717) is 19.5 Å². The normalized spacial score (nSPS) is 17.1. The second kappa shape index (κ2) is 6.32. The van der Waals surface area contributed by atoms with Crippen molar-refractivity contribution in [3.63, 3.8) is 0 Å². The van der Waals surface area contributed by atoms with Gasteiger partial charge in [-0.2, -0.15) is 0 Å². The summed E-state index contributed by atoms with van der Waals surface area (Å²) in [4.78, 5) is 26.6. The lowest BCUT2D eigenvalue weighted by atomic mass is 10.0. The first-order chi connectivity index (χ1) is 9.82. The third kappa shape index (κ3) is 3.74. The highest BCUT2D eigenvalue weighted by Gasteiger charge is 2.33. The fourth-order valence-electron chi connectivity index (χ4n) is 2.97. The fraction of sp³-hybridized carbons (Fsp3) is 0.733. The molecule has 6 heteroatoms. The Hall–Kier alpha value is -1.14. The number of aromatic nitrogens is 1. The Balaban J connectivity index is 1.90. The van der Waals surface area contributed by atoms with Gasteiger partial charge in [0.05, 0.1) is 5.60 Å². The Kier molecular flexibility index (Phi) is 4.88.